The van der Waals surface area contributed by atoms with E-state index in [2.05, 4.69) is 48.1 Å². The van der Waals surface area contributed by atoms with Crippen LogP contribution in [0.5, 0.6) is 11.5 Å². The van der Waals surface area contributed by atoms with Crippen LogP contribution in [-0.4, -0.2) is 11.0 Å². The summed E-state index contributed by atoms with van der Waals surface area (Å²) in [5.74, 6) is 1.73. The fourth-order valence-electron chi connectivity index (χ4n) is 4.37. The Balaban J connectivity index is 0.000000423. The van der Waals surface area contributed by atoms with Crippen LogP contribution in [0.4, 0.5) is 10.3 Å². The Morgan fingerprint density at radius 1 is 0.522 bits per heavy atom. The highest BCUT2D eigenvalue weighted by Gasteiger charge is 2.13. The molecule has 2 aromatic heterocycles. The molecule has 244 valence electrons. The van der Waals surface area contributed by atoms with Gasteiger partial charge in [0.1, 0.15) is 36.1 Å². The van der Waals surface area contributed by atoms with E-state index in [1.807, 2.05) is 84.9 Å². The second-order valence-electron chi connectivity index (χ2n) is 9.64. The van der Waals surface area contributed by atoms with E-state index in [0.717, 1.165) is 55.4 Å². The normalized spacial score (nSPS) is 9.61. The Bertz CT molecular complexity index is 1590. The lowest BCUT2D eigenvalue weighted by molar-refractivity contribution is -0.341. The van der Waals surface area contributed by atoms with Gasteiger partial charge < -0.3 is 54.4 Å². The van der Waals surface area contributed by atoms with Crippen molar-refractivity contribution in [3.8, 4) is 34.0 Å². The SMILES string of the molecule is Cc1sc(N)[nH+]c1-c1ccc(OCc2ccccc2)cc1.Cc1sc(N)[nH+]c1-c1ccc(OCc2ccccc2)cc1.O.O.[Br-].[Br-]. The number of nitrogens with one attached hydrogen (secondary N) is 2. The number of aryl methyl sites for hydroxylation is 2. The standard InChI is InChI=1S/2C17H16N2OS.2BrH.2H2O/c2*1-12-16(19-17(18)21-12)14-7-9-15(10-8-14)20-11-13-5-3-2-4-6-13;;;;/h2*2-10H,11H2,1H3,(H2,18,19);2*1H;2*1H2. The Labute approximate surface area is 298 Å². The van der Waals surface area contributed by atoms with Crippen molar-refractivity contribution in [1.29, 1.82) is 0 Å². The van der Waals surface area contributed by atoms with Gasteiger partial charge in [-0.1, -0.05) is 83.3 Å². The zero-order chi connectivity index (χ0) is 29.3. The first kappa shape index (κ1) is 40.2. The topological polar surface area (TPSA) is 162 Å². The summed E-state index contributed by atoms with van der Waals surface area (Å²) in [5.41, 5.74) is 18.3. The van der Waals surface area contributed by atoms with Crippen LogP contribution >= 0.6 is 22.7 Å². The van der Waals surface area contributed by atoms with Gasteiger partial charge in [-0.05, 0) is 73.5 Å². The number of H-pyrrole nitrogens is 2. The van der Waals surface area contributed by atoms with E-state index in [1.165, 1.54) is 9.75 Å². The monoisotopic (exact) mass is 788 g/mol. The summed E-state index contributed by atoms with van der Waals surface area (Å²) >= 11 is 3.13. The fraction of sp³-hybridized carbons (Fsp3) is 0.118. The molecular weight excluding hydrogens is 752 g/mol. The van der Waals surface area contributed by atoms with E-state index in [1.54, 1.807) is 22.7 Å². The number of benzene rings is 4. The second kappa shape index (κ2) is 19.7. The van der Waals surface area contributed by atoms with Crippen LogP contribution in [0, 0.1) is 13.8 Å². The van der Waals surface area contributed by atoms with Crippen LogP contribution in [-0.2, 0) is 13.2 Å². The number of hydrogen-bond donors (Lipinski definition) is 2. The fourth-order valence-corrected chi connectivity index (χ4v) is 5.88. The molecule has 0 spiro atoms. The number of halogens is 2. The second-order valence-corrected chi connectivity index (χ2v) is 12.2. The Morgan fingerprint density at radius 2 is 0.848 bits per heavy atom. The van der Waals surface area contributed by atoms with Gasteiger partial charge in [-0.3, -0.25) is 11.5 Å². The van der Waals surface area contributed by atoms with E-state index in [0.29, 0.717) is 13.2 Å². The van der Waals surface area contributed by atoms with Gasteiger partial charge in [0.25, 0.3) is 0 Å². The molecule has 0 atom stereocenters. The number of aromatic amines is 2. The van der Waals surface area contributed by atoms with E-state index in [4.69, 9.17) is 20.9 Å². The molecule has 0 saturated heterocycles. The molecule has 4 aromatic carbocycles. The van der Waals surface area contributed by atoms with E-state index < -0.39 is 0 Å². The highest BCUT2D eigenvalue weighted by atomic mass is 79.9. The molecule has 6 rings (SSSR count). The van der Waals surface area contributed by atoms with E-state index in [9.17, 15) is 0 Å². The molecule has 0 saturated carbocycles. The minimum atomic E-state index is 0. The van der Waals surface area contributed by atoms with E-state index >= 15 is 0 Å². The number of aromatic nitrogens is 2. The minimum absolute atomic E-state index is 0. The number of thiazole rings is 2. The molecule has 0 unspecified atom stereocenters. The summed E-state index contributed by atoms with van der Waals surface area (Å²) in [6.45, 7) is 5.28. The largest absolute Gasteiger partial charge is 1.00 e. The molecule has 0 radical (unpaired) electrons. The third-order valence-electron chi connectivity index (χ3n) is 6.51. The highest BCUT2D eigenvalue weighted by Crippen LogP contribution is 2.28. The van der Waals surface area contributed by atoms with E-state index in [-0.39, 0.29) is 44.9 Å². The number of hydrogen-bond acceptors (Lipinski definition) is 6. The average molecular weight is 791 g/mol. The molecule has 0 fully saturated rings. The van der Waals surface area contributed by atoms with Crippen molar-refractivity contribution in [3.05, 3.63) is 130 Å². The van der Waals surface area contributed by atoms with Gasteiger partial charge in [-0.25, -0.2) is 9.97 Å². The molecule has 10 N–H and O–H groups in total. The van der Waals surface area contributed by atoms with Crippen LogP contribution in [0.15, 0.2) is 109 Å². The van der Waals surface area contributed by atoms with Crippen molar-refractivity contribution in [3.63, 3.8) is 0 Å². The van der Waals surface area contributed by atoms with Crippen molar-refractivity contribution in [2.24, 2.45) is 0 Å². The molecule has 0 aliphatic rings. The quantitative estimate of drug-likeness (QED) is 0.218. The molecule has 0 aliphatic carbocycles. The summed E-state index contributed by atoms with van der Waals surface area (Å²) in [6, 6.07) is 36.4. The Hall–Kier alpha value is -3.78. The predicted octanol–water partition coefficient (Wildman–Crippen LogP) is -0.244. The molecular formula is C34H38Br2N4O4S2. The first-order chi connectivity index (χ1) is 20.4. The maximum Gasteiger partial charge on any atom is 0.330 e. The van der Waals surface area contributed by atoms with Gasteiger partial charge in [0.15, 0.2) is 0 Å². The van der Waals surface area contributed by atoms with Crippen LogP contribution in [0.25, 0.3) is 22.5 Å². The van der Waals surface area contributed by atoms with Crippen LogP contribution < -0.4 is 64.9 Å². The van der Waals surface area contributed by atoms with Gasteiger partial charge in [-0.15, -0.1) is 0 Å². The third kappa shape index (κ3) is 11.2. The molecule has 0 amide bonds. The van der Waals surface area contributed by atoms with Crippen LogP contribution in [0.2, 0.25) is 0 Å². The number of nitrogen functional groups attached to an aromatic ring is 2. The molecule has 12 heteroatoms. The predicted molar refractivity (Wildman–Crippen MR) is 180 cm³/mol. The molecule has 0 aliphatic heterocycles. The Morgan fingerprint density at radius 3 is 1.13 bits per heavy atom. The lowest BCUT2D eigenvalue weighted by Gasteiger charge is -2.06. The number of anilines is 2. The summed E-state index contributed by atoms with van der Waals surface area (Å²) < 4.78 is 11.6. The Kier molecular flexibility index (Phi) is 17.2. The van der Waals surface area contributed by atoms with Crippen molar-refractivity contribution < 1.29 is 64.4 Å². The van der Waals surface area contributed by atoms with Crippen molar-refractivity contribution in [2.75, 3.05) is 11.5 Å². The summed E-state index contributed by atoms with van der Waals surface area (Å²) in [5, 5.41) is 1.46. The zero-order valence-corrected chi connectivity index (χ0v) is 30.2. The summed E-state index contributed by atoms with van der Waals surface area (Å²) in [6.07, 6.45) is 0. The van der Waals surface area contributed by atoms with Gasteiger partial charge in [0.2, 0.25) is 0 Å². The van der Waals surface area contributed by atoms with Crippen LogP contribution in [0.3, 0.4) is 0 Å². The zero-order valence-electron chi connectivity index (χ0n) is 25.4. The maximum absolute atomic E-state index is 5.80. The van der Waals surface area contributed by atoms with Gasteiger partial charge in [0, 0.05) is 11.1 Å². The molecule has 6 aromatic rings. The van der Waals surface area contributed by atoms with Gasteiger partial charge >= 0.3 is 10.3 Å². The van der Waals surface area contributed by atoms with Crippen LogP contribution in [0.1, 0.15) is 20.9 Å². The number of rotatable bonds is 8. The van der Waals surface area contributed by atoms with Crippen molar-refractivity contribution >= 4 is 32.9 Å². The van der Waals surface area contributed by atoms with Gasteiger partial charge in [-0.2, -0.15) is 0 Å². The number of nitrogens with two attached hydrogens (primary N) is 2. The average Bonchev–Trinajstić information content (AvgIpc) is 3.55. The first-order valence-electron chi connectivity index (χ1n) is 13.6. The molecule has 0 bridgehead atoms. The van der Waals surface area contributed by atoms with Crippen molar-refractivity contribution in [1.82, 2.24) is 0 Å². The van der Waals surface area contributed by atoms with Gasteiger partial charge in [0.05, 0.1) is 9.75 Å². The lowest BCUT2D eigenvalue weighted by Crippen LogP contribution is -3.00. The maximum atomic E-state index is 5.80. The highest BCUT2D eigenvalue weighted by molar-refractivity contribution is 7.15. The summed E-state index contributed by atoms with van der Waals surface area (Å²) in [7, 11) is 0. The number of ether oxygens (including phenoxy) is 2. The summed E-state index contributed by atoms with van der Waals surface area (Å²) in [4.78, 5) is 8.76. The molecule has 2 heterocycles. The van der Waals surface area contributed by atoms with Crippen molar-refractivity contribution in [2.45, 2.75) is 27.1 Å². The lowest BCUT2D eigenvalue weighted by atomic mass is 10.1. The molecule has 8 nitrogen and oxygen atoms in total. The first-order valence-corrected chi connectivity index (χ1v) is 15.2. The molecule has 46 heavy (non-hydrogen) atoms. The smallest absolute Gasteiger partial charge is 0.330 e. The minimum Gasteiger partial charge on any atom is -1.00 e. The third-order valence-corrected chi connectivity index (χ3v) is 8.17.